The Morgan fingerprint density at radius 1 is 0.773 bits per heavy atom. The zero-order valence-corrected chi connectivity index (χ0v) is 42.9. The van der Waals surface area contributed by atoms with Gasteiger partial charge in [-0.15, -0.1) is 0 Å². The summed E-state index contributed by atoms with van der Waals surface area (Å²) in [4.78, 5) is 126. The van der Waals surface area contributed by atoms with Crippen molar-refractivity contribution < 1.29 is 58.1 Å². The number of carbonyl (C=O) groups is 9. The fourth-order valence-electron chi connectivity index (χ4n) is 7.71. The second-order valence-corrected chi connectivity index (χ2v) is 17.8. The molecule has 1 saturated heterocycles. The number of aliphatic imine (C=N–C) groups is 1. The molecule has 1 aliphatic heterocycles. The van der Waals surface area contributed by atoms with E-state index >= 15 is 0 Å². The fourth-order valence-corrected chi connectivity index (χ4v) is 7.71. The van der Waals surface area contributed by atoms with Crippen molar-refractivity contribution in [2.24, 2.45) is 45.1 Å². The lowest BCUT2D eigenvalue weighted by atomic mass is 10.0. The number of amides is 8. The summed E-state index contributed by atoms with van der Waals surface area (Å²) in [6, 6.07) is -2.16. The lowest BCUT2D eigenvalue weighted by molar-refractivity contribution is -0.142. The number of hydrogen-bond acceptors (Lipinski definition) is 17. The Hall–Kier alpha value is -6.98. The number of methoxy groups -OCH3 is 1. The average Bonchev–Trinajstić information content (AvgIpc) is 3.88. The summed E-state index contributed by atoms with van der Waals surface area (Å²) in [7, 11) is 1.48. The van der Waals surface area contributed by atoms with E-state index in [9.17, 15) is 53.4 Å². The Morgan fingerprint density at radius 3 is 2.01 bits per heavy atom. The van der Waals surface area contributed by atoms with Gasteiger partial charge in [0.15, 0.2) is 5.96 Å². The van der Waals surface area contributed by atoms with Gasteiger partial charge in [0, 0.05) is 26.1 Å². The van der Waals surface area contributed by atoms with Gasteiger partial charge < -0.3 is 97.2 Å². The van der Waals surface area contributed by atoms with E-state index in [0.29, 0.717) is 50.0 Å². The number of unbranched alkanes of at least 4 members (excludes halogenated alkanes) is 2. The van der Waals surface area contributed by atoms with Crippen LogP contribution in [0.1, 0.15) is 83.1 Å². The quantitative estimate of drug-likeness (QED) is 0.0130. The number of ether oxygens (including phenoxy) is 1. The van der Waals surface area contributed by atoms with Crippen LogP contribution in [0.4, 0.5) is 0 Å². The highest BCUT2D eigenvalue weighted by atomic mass is 16.5. The highest BCUT2D eigenvalue weighted by Gasteiger charge is 2.39. The second kappa shape index (κ2) is 34.5. The molecular weight excluding hydrogens is 981 g/mol. The van der Waals surface area contributed by atoms with E-state index in [-0.39, 0.29) is 77.1 Å². The number of hydrogen-bond donors (Lipinski definition) is 16. The van der Waals surface area contributed by atoms with Crippen molar-refractivity contribution in [3.05, 3.63) is 41.6 Å². The first-order valence-corrected chi connectivity index (χ1v) is 25.0. The average molecular weight is 1060 g/mol. The number of aliphatic hydroxyl groups is 1. The first-order valence-electron chi connectivity index (χ1n) is 25.0. The summed E-state index contributed by atoms with van der Waals surface area (Å²) in [6.07, 6.45) is 2.84. The van der Waals surface area contributed by atoms with Gasteiger partial charge in [-0.3, -0.25) is 43.3 Å². The molecule has 1 heterocycles. The van der Waals surface area contributed by atoms with Crippen LogP contribution in [0, 0.1) is 0 Å². The van der Waals surface area contributed by atoms with E-state index in [4.69, 9.17) is 44.9 Å². The molecule has 0 bridgehead atoms. The molecule has 23 N–H and O–H groups in total. The minimum atomic E-state index is -1.56. The van der Waals surface area contributed by atoms with Crippen molar-refractivity contribution >= 4 is 59.2 Å². The zero-order valence-electron chi connectivity index (χ0n) is 42.9. The van der Waals surface area contributed by atoms with Crippen molar-refractivity contribution in [3.63, 3.8) is 0 Å². The van der Waals surface area contributed by atoms with E-state index < -0.39 is 120 Å². The molecule has 28 heteroatoms. The molecule has 0 spiro atoms. The Kier molecular flexibility index (Phi) is 29.5. The van der Waals surface area contributed by atoms with Gasteiger partial charge in [0.25, 0.3) is 0 Å². The summed E-state index contributed by atoms with van der Waals surface area (Å²) in [5.74, 6) is -7.46. The highest BCUT2D eigenvalue weighted by molar-refractivity contribution is 5.99. The topological polar surface area (TPSA) is 485 Å². The van der Waals surface area contributed by atoms with E-state index in [1.807, 2.05) is 0 Å². The number of aliphatic carboxylic acids is 1. The Balaban J connectivity index is 2.27. The Labute approximate surface area is 436 Å². The van der Waals surface area contributed by atoms with Crippen LogP contribution in [0.25, 0.3) is 0 Å². The summed E-state index contributed by atoms with van der Waals surface area (Å²) in [6.45, 7) is 1.18. The smallest absolute Gasteiger partial charge is 0.352 e. The first kappa shape index (κ1) is 64.1. The predicted molar refractivity (Wildman–Crippen MR) is 276 cm³/mol. The minimum Gasteiger partial charge on any atom is -0.497 e. The zero-order chi connectivity index (χ0) is 56.0. The number of benzene rings is 1. The number of carboxylic acid groups (broad SMARTS) is 1. The fraction of sp³-hybridized carbons (Fsp3) is 0.617. The molecule has 28 nitrogen and oxygen atoms in total. The summed E-state index contributed by atoms with van der Waals surface area (Å²) in [5, 5.41) is 37.7. The van der Waals surface area contributed by atoms with Crippen LogP contribution in [0.3, 0.4) is 0 Å². The van der Waals surface area contributed by atoms with Gasteiger partial charge in [-0.1, -0.05) is 24.6 Å². The highest BCUT2D eigenvalue weighted by Crippen LogP contribution is 2.21. The number of nitrogens with one attached hydrogen (secondary N) is 7. The van der Waals surface area contributed by atoms with Crippen LogP contribution >= 0.6 is 0 Å². The summed E-state index contributed by atoms with van der Waals surface area (Å²) in [5.41, 5.74) is 39.3. The number of carboxylic acids is 1. The molecule has 75 heavy (non-hydrogen) atoms. The molecule has 0 aliphatic carbocycles. The molecular formula is C47H80N16O12. The molecule has 420 valence electrons. The number of carbonyl (C=O) groups excluding carboxylic acids is 8. The van der Waals surface area contributed by atoms with Gasteiger partial charge in [0.05, 0.1) is 25.8 Å². The van der Waals surface area contributed by atoms with E-state index in [1.54, 1.807) is 24.3 Å². The molecule has 8 amide bonds. The van der Waals surface area contributed by atoms with Crippen LogP contribution in [-0.4, -0.2) is 176 Å². The third-order valence-corrected chi connectivity index (χ3v) is 11.9. The number of guanidine groups is 1. The number of aliphatic hydroxyl groups excluding tert-OH is 1. The number of nitrogens with two attached hydrogens (primary N) is 7. The maximum absolute atomic E-state index is 14.3. The van der Waals surface area contributed by atoms with Gasteiger partial charge in [0.1, 0.15) is 47.7 Å². The van der Waals surface area contributed by atoms with Gasteiger partial charge in [-0.05, 0) is 108 Å². The molecule has 1 aromatic rings. The van der Waals surface area contributed by atoms with Crippen LogP contribution in [0.5, 0.6) is 5.75 Å². The van der Waals surface area contributed by atoms with E-state index in [1.165, 1.54) is 25.0 Å². The summed E-state index contributed by atoms with van der Waals surface area (Å²) >= 11 is 0. The molecule has 0 radical (unpaired) electrons. The normalized spacial score (nSPS) is 16.1. The van der Waals surface area contributed by atoms with Crippen molar-refractivity contribution in [1.29, 1.82) is 0 Å². The first-order chi connectivity index (χ1) is 35.7. The van der Waals surface area contributed by atoms with Crippen LogP contribution < -0.4 is 82.1 Å². The molecule has 1 fully saturated rings. The molecule has 0 saturated carbocycles. The third kappa shape index (κ3) is 23.0. The molecule has 1 aliphatic rings. The van der Waals surface area contributed by atoms with Crippen molar-refractivity contribution in [3.8, 4) is 5.75 Å². The molecule has 2 unspecified atom stereocenters. The molecule has 1 aromatic carbocycles. The Bertz CT molecular complexity index is 2110. The van der Waals surface area contributed by atoms with Gasteiger partial charge in [0.2, 0.25) is 47.3 Å². The van der Waals surface area contributed by atoms with Gasteiger partial charge in [-0.2, -0.15) is 0 Å². The lowest BCUT2D eigenvalue weighted by Crippen LogP contribution is -2.60. The van der Waals surface area contributed by atoms with Gasteiger partial charge in [-0.25, -0.2) is 4.79 Å². The maximum Gasteiger partial charge on any atom is 0.352 e. The SMILES string of the molecule is COc1ccc(CC(NC(=O)[C@@H]2CCCN2C(=O)[C@@H](CCCN)NC(=O)CNC(=O)C(C)NC(=O)[C@@H](NC(=O)[C@@H](N)CCCCN)[C@@H](O)CN)C(=O)N[C@@H](CCCCN)C(=O)N/C(=C\CCN=C(N)N)C(=O)O)cc1. The number of rotatable bonds is 35. The Morgan fingerprint density at radius 2 is 1.41 bits per heavy atom. The third-order valence-electron chi connectivity index (χ3n) is 11.9. The minimum absolute atomic E-state index is 0.0402. The standard InChI is InChI=1S/C47H80N16O12/c1-27(57-44(71)38(36(64)25-51)62-40(67)30(52)10-3-5-19-48)39(66)56-26-37(65)58-32(12-7-21-50)45(72)63-23-9-14-35(63)43(70)61-34(24-28-15-17-29(75-2)18-16-28)42(69)59-31(11-4-6-20-49)41(68)60-33(46(73)74)13-8-22-55-47(53)54/h13,15-18,27,30-32,34-36,38,64H,3-12,14,19-26,48-52H2,1-2H3,(H,56,66)(H,57,71)(H,58,65)(H,59,69)(H,60,68)(H,61,70)(H,62,67)(H,73,74)(H4,53,54,55)/b33-13-/t27?,30-,31-,32+,34?,35-,36-,38-/m0/s1. The van der Waals surface area contributed by atoms with Crippen molar-refractivity contribution in [2.75, 3.05) is 52.9 Å². The number of nitrogens with zero attached hydrogens (tertiary/aromatic N) is 2. The van der Waals surface area contributed by atoms with Crippen LogP contribution in [0.15, 0.2) is 41.0 Å². The second-order valence-electron chi connectivity index (χ2n) is 17.8. The number of likely N-dealkylation sites (tertiary alicyclic amines) is 1. The summed E-state index contributed by atoms with van der Waals surface area (Å²) < 4.78 is 5.26. The van der Waals surface area contributed by atoms with Gasteiger partial charge >= 0.3 is 5.97 Å². The van der Waals surface area contributed by atoms with E-state index in [2.05, 4.69) is 42.2 Å². The maximum atomic E-state index is 14.3. The van der Waals surface area contributed by atoms with Crippen LogP contribution in [-0.2, 0) is 49.6 Å². The molecule has 8 atom stereocenters. The van der Waals surface area contributed by atoms with Crippen molar-refractivity contribution in [1.82, 2.24) is 42.1 Å². The largest absolute Gasteiger partial charge is 0.497 e. The lowest BCUT2D eigenvalue weighted by Gasteiger charge is -2.30. The van der Waals surface area contributed by atoms with Crippen molar-refractivity contribution in [2.45, 2.75) is 132 Å². The van der Waals surface area contributed by atoms with E-state index in [0.717, 1.165) is 0 Å². The monoisotopic (exact) mass is 1060 g/mol. The van der Waals surface area contributed by atoms with Crippen LogP contribution in [0.2, 0.25) is 0 Å². The molecule has 0 aromatic heterocycles. The predicted octanol–water partition coefficient (Wildman–Crippen LogP) is -5.82. The molecule has 2 rings (SSSR count).